The van der Waals surface area contributed by atoms with Gasteiger partial charge in [-0.15, -0.1) is 0 Å². The Labute approximate surface area is 127 Å². The fourth-order valence-electron chi connectivity index (χ4n) is 1.74. The number of rotatable bonds is 3. The molecule has 0 aliphatic carbocycles. The minimum atomic E-state index is -4.52. The van der Waals surface area contributed by atoms with Gasteiger partial charge in [-0.1, -0.05) is 0 Å². The fraction of sp³-hybridized carbons (Fsp3) is 0.143. The Morgan fingerprint density at radius 1 is 1.24 bits per heavy atom. The number of benzene rings is 1. The van der Waals surface area contributed by atoms with Crippen LogP contribution in [-0.2, 0) is 12.6 Å². The first-order valence-electron chi connectivity index (χ1n) is 5.88. The molecule has 1 aromatic carbocycles. The van der Waals surface area contributed by atoms with Crippen LogP contribution in [0.5, 0.6) is 0 Å². The number of aromatic nitrogens is 1. The number of hydrogen-bond donors (Lipinski definition) is 1. The number of carbonyl (C=O) groups is 1. The van der Waals surface area contributed by atoms with Gasteiger partial charge in [-0.3, -0.25) is 9.78 Å². The number of nitrogen functional groups attached to an aromatic ring is 1. The molecule has 0 aliphatic heterocycles. The second-order valence-electron chi connectivity index (χ2n) is 4.37. The van der Waals surface area contributed by atoms with E-state index < -0.39 is 17.5 Å². The number of alkyl halides is 3. The summed E-state index contributed by atoms with van der Waals surface area (Å²) in [6.45, 7) is 0. The van der Waals surface area contributed by atoms with Crippen molar-refractivity contribution >= 4 is 27.4 Å². The van der Waals surface area contributed by atoms with Crippen molar-refractivity contribution in [2.75, 3.05) is 5.73 Å². The highest BCUT2D eigenvalue weighted by Crippen LogP contribution is 2.31. The first kappa shape index (κ1) is 15.5. The van der Waals surface area contributed by atoms with E-state index >= 15 is 0 Å². The minimum absolute atomic E-state index is 0.0186. The highest BCUT2D eigenvalue weighted by Gasteiger charge is 2.31. The van der Waals surface area contributed by atoms with Crippen molar-refractivity contribution in [3.05, 3.63) is 57.8 Å². The number of nitrogens with two attached hydrogens (primary N) is 1. The van der Waals surface area contributed by atoms with Crippen molar-refractivity contribution in [1.82, 2.24) is 4.98 Å². The lowest BCUT2D eigenvalue weighted by atomic mass is 10.0. The van der Waals surface area contributed by atoms with Gasteiger partial charge in [0, 0.05) is 27.6 Å². The summed E-state index contributed by atoms with van der Waals surface area (Å²) < 4.78 is 38.7. The molecule has 1 heterocycles. The molecular weight excluding hydrogens is 349 g/mol. The van der Waals surface area contributed by atoms with Crippen molar-refractivity contribution in [3.63, 3.8) is 0 Å². The lowest BCUT2D eigenvalue weighted by Crippen LogP contribution is -2.12. The average molecular weight is 359 g/mol. The summed E-state index contributed by atoms with van der Waals surface area (Å²) in [7, 11) is 0. The molecule has 0 aliphatic rings. The maximum atomic E-state index is 12.7. The zero-order valence-corrected chi connectivity index (χ0v) is 12.2. The van der Waals surface area contributed by atoms with Gasteiger partial charge in [-0.25, -0.2) is 0 Å². The first-order chi connectivity index (χ1) is 9.77. The molecule has 0 atom stereocenters. The molecule has 1 aromatic heterocycles. The maximum Gasteiger partial charge on any atom is 0.416 e. The fourth-order valence-corrected chi connectivity index (χ4v) is 1.98. The van der Waals surface area contributed by atoms with Gasteiger partial charge in [0.05, 0.1) is 12.0 Å². The zero-order chi connectivity index (χ0) is 15.6. The molecule has 3 nitrogen and oxygen atoms in total. The standard InChI is InChI=1S/C14H10BrF3N2O/c15-9-2-3-10(20-7-9)6-13(21)11-5-8(14(16,17)18)1-4-12(11)19/h1-5,7H,6,19H2. The molecule has 0 unspecified atom stereocenters. The Hall–Kier alpha value is -1.89. The van der Waals surface area contributed by atoms with Crippen molar-refractivity contribution in [2.45, 2.75) is 12.6 Å². The molecule has 0 spiro atoms. The number of halogens is 4. The number of anilines is 1. The smallest absolute Gasteiger partial charge is 0.398 e. The van der Waals surface area contributed by atoms with E-state index in [2.05, 4.69) is 20.9 Å². The molecule has 0 radical (unpaired) electrons. The van der Waals surface area contributed by atoms with Crippen LogP contribution in [0.3, 0.4) is 0 Å². The van der Waals surface area contributed by atoms with E-state index in [0.717, 1.165) is 22.7 Å². The van der Waals surface area contributed by atoms with Gasteiger partial charge in [-0.2, -0.15) is 13.2 Å². The van der Waals surface area contributed by atoms with Crippen molar-refractivity contribution in [3.8, 4) is 0 Å². The highest BCUT2D eigenvalue weighted by atomic mass is 79.9. The van der Waals surface area contributed by atoms with Crippen molar-refractivity contribution in [1.29, 1.82) is 0 Å². The normalized spacial score (nSPS) is 11.4. The van der Waals surface area contributed by atoms with Crippen molar-refractivity contribution < 1.29 is 18.0 Å². The van der Waals surface area contributed by atoms with Crippen LogP contribution in [0.2, 0.25) is 0 Å². The van der Waals surface area contributed by atoms with E-state index in [4.69, 9.17) is 5.73 Å². The van der Waals surface area contributed by atoms with Gasteiger partial charge in [-0.05, 0) is 46.3 Å². The van der Waals surface area contributed by atoms with E-state index in [1.54, 1.807) is 12.1 Å². The molecule has 0 saturated carbocycles. The molecule has 0 saturated heterocycles. The topological polar surface area (TPSA) is 56.0 Å². The molecule has 0 amide bonds. The third-order valence-corrected chi connectivity index (χ3v) is 3.28. The first-order valence-corrected chi connectivity index (χ1v) is 6.67. The monoisotopic (exact) mass is 358 g/mol. The van der Waals surface area contributed by atoms with Crippen LogP contribution in [0.1, 0.15) is 21.6 Å². The summed E-state index contributed by atoms with van der Waals surface area (Å²) >= 11 is 3.21. The van der Waals surface area contributed by atoms with Gasteiger partial charge in [0.1, 0.15) is 0 Å². The Kier molecular flexibility index (Phi) is 4.32. The van der Waals surface area contributed by atoms with Crippen LogP contribution in [0, 0.1) is 0 Å². The average Bonchev–Trinajstić information content (AvgIpc) is 2.40. The predicted molar refractivity (Wildman–Crippen MR) is 75.8 cm³/mol. The van der Waals surface area contributed by atoms with Crippen LogP contribution in [-0.4, -0.2) is 10.8 Å². The number of Topliss-reactive ketones (excluding diaryl/α,β-unsaturated/α-hetero) is 1. The summed E-state index contributed by atoms with van der Waals surface area (Å²) in [4.78, 5) is 16.1. The van der Waals surface area contributed by atoms with Crippen LogP contribution in [0.15, 0.2) is 41.0 Å². The molecular formula is C14H10BrF3N2O. The van der Waals surface area contributed by atoms with Gasteiger partial charge >= 0.3 is 6.18 Å². The van der Waals surface area contributed by atoms with Crippen LogP contribution >= 0.6 is 15.9 Å². The number of hydrogen-bond acceptors (Lipinski definition) is 3. The summed E-state index contributed by atoms with van der Waals surface area (Å²) in [5.74, 6) is -0.506. The van der Waals surface area contributed by atoms with Gasteiger partial charge in [0.15, 0.2) is 5.78 Å². The van der Waals surface area contributed by atoms with Crippen LogP contribution in [0.4, 0.5) is 18.9 Å². The molecule has 2 aromatic rings. The second kappa shape index (κ2) is 5.85. The van der Waals surface area contributed by atoms with Gasteiger partial charge in [0.2, 0.25) is 0 Å². The SMILES string of the molecule is Nc1ccc(C(F)(F)F)cc1C(=O)Cc1ccc(Br)cn1. The van der Waals surface area contributed by atoms with E-state index in [-0.39, 0.29) is 17.7 Å². The molecule has 7 heteroatoms. The Morgan fingerprint density at radius 2 is 1.95 bits per heavy atom. The minimum Gasteiger partial charge on any atom is -0.398 e. The third-order valence-electron chi connectivity index (χ3n) is 2.81. The zero-order valence-electron chi connectivity index (χ0n) is 10.6. The third kappa shape index (κ3) is 3.81. The molecule has 0 bridgehead atoms. The summed E-state index contributed by atoms with van der Waals surface area (Å²) in [6.07, 6.45) is -3.12. The largest absolute Gasteiger partial charge is 0.416 e. The second-order valence-corrected chi connectivity index (χ2v) is 5.28. The Bertz CT molecular complexity index is 669. The van der Waals surface area contributed by atoms with E-state index in [1.807, 2.05) is 0 Å². The summed E-state index contributed by atoms with van der Waals surface area (Å²) in [6, 6.07) is 6.03. The lowest BCUT2D eigenvalue weighted by molar-refractivity contribution is -0.137. The molecule has 2 rings (SSSR count). The van der Waals surface area contributed by atoms with E-state index in [1.165, 1.54) is 6.20 Å². The van der Waals surface area contributed by atoms with Crippen molar-refractivity contribution in [2.24, 2.45) is 0 Å². The highest BCUT2D eigenvalue weighted by molar-refractivity contribution is 9.10. The van der Waals surface area contributed by atoms with E-state index in [0.29, 0.717) is 5.69 Å². The van der Waals surface area contributed by atoms with Crippen LogP contribution in [0.25, 0.3) is 0 Å². The van der Waals surface area contributed by atoms with E-state index in [9.17, 15) is 18.0 Å². The summed E-state index contributed by atoms with van der Waals surface area (Å²) in [5, 5.41) is 0. The Balaban J connectivity index is 2.28. The molecule has 0 fully saturated rings. The van der Waals surface area contributed by atoms with Gasteiger partial charge in [0.25, 0.3) is 0 Å². The predicted octanol–water partition coefficient (Wildman–Crippen LogP) is 3.87. The quantitative estimate of drug-likeness (QED) is 0.669. The lowest BCUT2D eigenvalue weighted by Gasteiger charge is -2.10. The maximum absolute atomic E-state index is 12.7. The summed E-state index contributed by atoms with van der Waals surface area (Å²) in [5.41, 5.74) is 5.03. The Morgan fingerprint density at radius 3 is 2.52 bits per heavy atom. The number of pyridine rings is 1. The molecule has 21 heavy (non-hydrogen) atoms. The number of ketones is 1. The van der Waals surface area contributed by atoms with Crippen LogP contribution < -0.4 is 5.73 Å². The molecule has 110 valence electrons. The van der Waals surface area contributed by atoms with Gasteiger partial charge < -0.3 is 5.73 Å². The molecule has 2 N–H and O–H groups in total. The number of nitrogens with zero attached hydrogens (tertiary/aromatic N) is 1. The number of carbonyl (C=O) groups excluding carboxylic acids is 1.